The Hall–Kier alpha value is -1.46. The number of hydrogen-bond donors (Lipinski definition) is 1. The summed E-state index contributed by atoms with van der Waals surface area (Å²) >= 11 is 1.61. The molecule has 0 fully saturated rings. The summed E-state index contributed by atoms with van der Waals surface area (Å²) in [7, 11) is 1.96. The normalized spacial score (nSPS) is 10.7. The first-order valence-corrected chi connectivity index (χ1v) is 7.10. The van der Waals surface area contributed by atoms with E-state index in [1.165, 1.54) is 6.07 Å². The van der Waals surface area contributed by atoms with E-state index in [2.05, 4.69) is 11.9 Å². The summed E-state index contributed by atoms with van der Waals surface area (Å²) in [5, 5.41) is 0.932. The first kappa shape index (κ1) is 14.0. The maximum Gasteiger partial charge on any atom is 0.185 e. The van der Waals surface area contributed by atoms with Crippen molar-refractivity contribution in [1.29, 1.82) is 0 Å². The fraction of sp³-hybridized carbons (Fsp3) is 0.357. The van der Waals surface area contributed by atoms with Gasteiger partial charge >= 0.3 is 0 Å². The van der Waals surface area contributed by atoms with Crippen LogP contribution in [0, 0.1) is 5.82 Å². The predicted molar refractivity (Wildman–Crippen MR) is 77.9 cm³/mol. The Morgan fingerprint density at radius 3 is 2.79 bits per heavy atom. The van der Waals surface area contributed by atoms with E-state index < -0.39 is 0 Å². The minimum Gasteiger partial charge on any atom is -0.347 e. The minimum absolute atomic E-state index is 0.207. The Balaban J connectivity index is 2.15. The molecule has 19 heavy (non-hydrogen) atoms. The highest BCUT2D eigenvalue weighted by Crippen LogP contribution is 2.26. The number of rotatable bonds is 5. The number of benzene rings is 1. The number of aromatic nitrogens is 1. The van der Waals surface area contributed by atoms with Crippen LogP contribution in [0.3, 0.4) is 0 Å². The molecule has 0 bridgehead atoms. The number of aryl methyl sites for hydroxylation is 1. The van der Waals surface area contributed by atoms with Crippen LogP contribution in [0.4, 0.5) is 9.52 Å². The smallest absolute Gasteiger partial charge is 0.185 e. The summed E-state index contributed by atoms with van der Waals surface area (Å²) in [6.45, 7) is 3.23. The molecule has 0 saturated heterocycles. The number of anilines is 1. The van der Waals surface area contributed by atoms with Crippen LogP contribution in [0.15, 0.2) is 24.3 Å². The van der Waals surface area contributed by atoms with Crippen LogP contribution in [-0.2, 0) is 19.5 Å². The third kappa shape index (κ3) is 3.30. The molecule has 1 aromatic heterocycles. The van der Waals surface area contributed by atoms with Crippen molar-refractivity contribution < 1.29 is 4.39 Å². The lowest BCUT2D eigenvalue weighted by molar-refractivity contribution is 0.625. The van der Waals surface area contributed by atoms with Crippen molar-refractivity contribution in [2.75, 3.05) is 11.9 Å². The van der Waals surface area contributed by atoms with Crippen molar-refractivity contribution in [3.8, 4) is 0 Å². The van der Waals surface area contributed by atoms with Gasteiger partial charge in [0.25, 0.3) is 0 Å². The third-order valence-corrected chi connectivity index (χ3v) is 4.16. The van der Waals surface area contributed by atoms with Gasteiger partial charge in [-0.3, -0.25) is 0 Å². The molecule has 0 radical (unpaired) electrons. The number of nitrogens with zero attached hydrogens (tertiary/aromatic N) is 2. The van der Waals surface area contributed by atoms with Crippen LogP contribution in [0.1, 0.15) is 23.1 Å². The van der Waals surface area contributed by atoms with Gasteiger partial charge in [0.15, 0.2) is 5.13 Å². The van der Waals surface area contributed by atoms with E-state index in [4.69, 9.17) is 5.73 Å². The summed E-state index contributed by atoms with van der Waals surface area (Å²) in [4.78, 5) is 7.74. The highest BCUT2D eigenvalue weighted by molar-refractivity contribution is 7.15. The molecule has 102 valence electrons. The lowest BCUT2D eigenvalue weighted by Crippen LogP contribution is -2.16. The molecule has 2 rings (SSSR count). The summed E-state index contributed by atoms with van der Waals surface area (Å²) in [5.41, 5.74) is 7.71. The predicted octanol–water partition coefficient (Wildman–Crippen LogP) is 2.94. The topological polar surface area (TPSA) is 42.2 Å². The zero-order chi connectivity index (χ0) is 13.8. The fourth-order valence-electron chi connectivity index (χ4n) is 1.95. The second kappa shape index (κ2) is 6.12. The first-order chi connectivity index (χ1) is 9.13. The van der Waals surface area contributed by atoms with Crippen molar-refractivity contribution in [2.24, 2.45) is 5.73 Å². The summed E-state index contributed by atoms with van der Waals surface area (Å²) in [6.07, 6.45) is 0.886. The van der Waals surface area contributed by atoms with Gasteiger partial charge in [-0.15, -0.1) is 11.3 Å². The summed E-state index contributed by atoms with van der Waals surface area (Å²) in [6, 6.07) is 6.64. The first-order valence-electron chi connectivity index (χ1n) is 6.28. The highest BCUT2D eigenvalue weighted by atomic mass is 32.1. The zero-order valence-corrected chi connectivity index (χ0v) is 12.0. The minimum atomic E-state index is -0.207. The van der Waals surface area contributed by atoms with E-state index in [9.17, 15) is 4.39 Å². The van der Waals surface area contributed by atoms with Crippen LogP contribution < -0.4 is 10.6 Å². The monoisotopic (exact) mass is 279 g/mol. The van der Waals surface area contributed by atoms with Gasteiger partial charge < -0.3 is 10.6 Å². The van der Waals surface area contributed by atoms with E-state index in [1.807, 2.05) is 18.0 Å². The van der Waals surface area contributed by atoms with Crippen LogP contribution in [-0.4, -0.2) is 12.0 Å². The molecule has 1 heterocycles. The Kier molecular flexibility index (Phi) is 4.50. The average molecular weight is 279 g/mol. The Morgan fingerprint density at radius 1 is 1.42 bits per heavy atom. The van der Waals surface area contributed by atoms with E-state index in [1.54, 1.807) is 23.5 Å². The van der Waals surface area contributed by atoms with Crippen molar-refractivity contribution in [3.63, 3.8) is 0 Å². The standard InChI is InChI=1S/C14H18FN3S/c1-3-12-13(8-16)19-14(17-12)18(2)9-10-5-4-6-11(15)7-10/h4-7H,3,8-9,16H2,1-2H3. The molecule has 0 aliphatic carbocycles. The van der Waals surface area contributed by atoms with Gasteiger partial charge in [-0.2, -0.15) is 0 Å². The Labute approximate surface area is 116 Å². The van der Waals surface area contributed by atoms with Gasteiger partial charge in [-0.05, 0) is 24.1 Å². The Morgan fingerprint density at radius 2 is 2.21 bits per heavy atom. The van der Waals surface area contributed by atoms with Crippen molar-refractivity contribution in [2.45, 2.75) is 26.4 Å². The van der Waals surface area contributed by atoms with Gasteiger partial charge in [0, 0.05) is 25.0 Å². The molecule has 0 aliphatic rings. The fourth-order valence-corrected chi connectivity index (χ4v) is 2.93. The lowest BCUT2D eigenvalue weighted by atomic mass is 10.2. The Bertz CT molecular complexity index is 532. The molecule has 0 saturated carbocycles. The molecule has 0 spiro atoms. The number of nitrogens with two attached hydrogens (primary N) is 1. The molecule has 3 nitrogen and oxygen atoms in total. The SMILES string of the molecule is CCc1nc(N(C)Cc2cccc(F)c2)sc1CN. The molecule has 2 aromatic rings. The van der Waals surface area contributed by atoms with Crippen LogP contribution in [0.2, 0.25) is 0 Å². The van der Waals surface area contributed by atoms with Crippen LogP contribution >= 0.6 is 11.3 Å². The molecule has 1 aromatic carbocycles. The quantitative estimate of drug-likeness (QED) is 0.915. The van der Waals surface area contributed by atoms with Crippen LogP contribution in [0.25, 0.3) is 0 Å². The van der Waals surface area contributed by atoms with Crippen molar-refractivity contribution >= 4 is 16.5 Å². The van der Waals surface area contributed by atoms with E-state index in [0.29, 0.717) is 13.1 Å². The van der Waals surface area contributed by atoms with Gasteiger partial charge in [-0.25, -0.2) is 9.37 Å². The largest absolute Gasteiger partial charge is 0.347 e. The van der Waals surface area contributed by atoms with Crippen molar-refractivity contribution in [3.05, 3.63) is 46.2 Å². The average Bonchev–Trinajstić information content (AvgIpc) is 2.82. The van der Waals surface area contributed by atoms with Gasteiger partial charge in [-0.1, -0.05) is 19.1 Å². The number of hydrogen-bond acceptors (Lipinski definition) is 4. The second-order valence-corrected chi connectivity index (χ2v) is 5.47. The van der Waals surface area contributed by atoms with E-state index in [0.717, 1.165) is 27.7 Å². The van der Waals surface area contributed by atoms with Crippen LogP contribution in [0.5, 0.6) is 0 Å². The molecular weight excluding hydrogens is 261 g/mol. The molecule has 0 aliphatic heterocycles. The lowest BCUT2D eigenvalue weighted by Gasteiger charge is -2.15. The molecule has 2 N–H and O–H groups in total. The van der Waals surface area contributed by atoms with E-state index in [-0.39, 0.29) is 5.82 Å². The van der Waals surface area contributed by atoms with Gasteiger partial charge in [0.05, 0.1) is 5.69 Å². The molecule has 0 unspecified atom stereocenters. The third-order valence-electron chi connectivity index (χ3n) is 2.92. The van der Waals surface area contributed by atoms with Gasteiger partial charge in [0.2, 0.25) is 0 Å². The van der Waals surface area contributed by atoms with E-state index >= 15 is 0 Å². The second-order valence-electron chi connectivity index (χ2n) is 4.41. The van der Waals surface area contributed by atoms with Crippen molar-refractivity contribution in [1.82, 2.24) is 4.98 Å². The molecule has 0 amide bonds. The summed E-state index contributed by atoms with van der Waals surface area (Å²) < 4.78 is 13.1. The number of halogens is 1. The number of thiazole rings is 1. The molecule has 0 atom stereocenters. The summed E-state index contributed by atoms with van der Waals surface area (Å²) in [5.74, 6) is -0.207. The molecule has 5 heteroatoms. The highest BCUT2D eigenvalue weighted by Gasteiger charge is 2.12. The molecular formula is C14H18FN3S. The maximum absolute atomic E-state index is 13.1. The van der Waals surface area contributed by atoms with Gasteiger partial charge in [0.1, 0.15) is 5.82 Å². The zero-order valence-electron chi connectivity index (χ0n) is 11.2. The maximum atomic E-state index is 13.1.